The molecular formula is C16H15N3O2. The fraction of sp³-hybridized carbons (Fsp3) is 0.188. The minimum atomic E-state index is 0.649. The highest BCUT2D eigenvalue weighted by Crippen LogP contribution is 2.34. The summed E-state index contributed by atoms with van der Waals surface area (Å²) in [5, 5.41) is 4.12. The summed E-state index contributed by atoms with van der Waals surface area (Å²) in [4.78, 5) is 2.24. The second-order valence-corrected chi connectivity index (χ2v) is 5.19. The molecule has 4 rings (SSSR count). The van der Waals surface area contributed by atoms with E-state index >= 15 is 0 Å². The summed E-state index contributed by atoms with van der Waals surface area (Å²) in [5.41, 5.74) is 10.2. The van der Waals surface area contributed by atoms with Crippen LogP contribution in [0.25, 0.3) is 11.5 Å². The monoisotopic (exact) mass is 281 g/mol. The van der Waals surface area contributed by atoms with Crippen molar-refractivity contribution in [2.75, 3.05) is 17.2 Å². The van der Waals surface area contributed by atoms with Crippen LogP contribution in [0.5, 0.6) is 0 Å². The van der Waals surface area contributed by atoms with Crippen molar-refractivity contribution in [1.82, 2.24) is 5.16 Å². The smallest absolute Gasteiger partial charge is 0.202 e. The second kappa shape index (κ2) is 4.70. The van der Waals surface area contributed by atoms with Crippen molar-refractivity contribution >= 4 is 11.4 Å². The summed E-state index contributed by atoms with van der Waals surface area (Å²) in [6.07, 6.45) is 2.64. The van der Waals surface area contributed by atoms with Gasteiger partial charge >= 0.3 is 0 Å². The summed E-state index contributed by atoms with van der Waals surface area (Å²) in [7, 11) is 0. The third-order valence-corrected chi connectivity index (χ3v) is 3.79. The van der Waals surface area contributed by atoms with E-state index in [1.54, 1.807) is 6.26 Å². The summed E-state index contributed by atoms with van der Waals surface area (Å²) >= 11 is 0. The first-order chi connectivity index (χ1) is 10.3. The Morgan fingerprint density at radius 1 is 1.19 bits per heavy atom. The Morgan fingerprint density at radius 2 is 2.14 bits per heavy atom. The summed E-state index contributed by atoms with van der Waals surface area (Å²) in [6.45, 7) is 1.64. The molecule has 1 aromatic carbocycles. The zero-order valence-electron chi connectivity index (χ0n) is 11.5. The summed E-state index contributed by atoms with van der Waals surface area (Å²) < 4.78 is 10.6. The van der Waals surface area contributed by atoms with Crippen LogP contribution in [0, 0.1) is 0 Å². The van der Waals surface area contributed by atoms with E-state index in [9.17, 15) is 0 Å². The van der Waals surface area contributed by atoms with E-state index in [4.69, 9.17) is 14.7 Å². The zero-order chi connectivity index (χ0) is 14.2. The van der Waals surface area contributed by atoms with Gasteiger partial charge in [0.2, 0.25) is 5.76 Å². The molecule has 0 saturated carbocycles. The van der Waals surface area contributed by atoms with Crippen LogP contribution in [0.3, 0.4) is 0 Å². The maximum atomic E-state index is 6.10. The number of aromatic nitrogens is 1. The molecule has 0 fully saturated rings. The van der Waals surface area contributed by atoms with E-state index in [1.165, 1.54) is 5.56 Å². The molecule has 0 spiro atoms. The van der Waals surface area contributed by atoms with Crippen LogP contribution in [0.1, 0.15) is 11.3 Å². The minimum Gasteiger partial charge on any atom is -0.461 e. The maximum absolute atomic E-state index is 6.10. The number of fused-ring (bicyclic) bond motifs is 1. The van der Waals surface area contributed by atoms with Crippen molar-refractivity contribution in [3.63, 3.8) is 0 Å². The van der Waals surface area contributed by atoms with Gasteiger partial charge in [-0.15, -0.1) is 0 Å². The van der Waals surface area contributed by atoms with E-state index in [1.807, 2.05) is 30.3 Å². The van der Waals surface area contributed by atoms with Crippen LogP contribution in [0.2, 0.25) is 0 Å². The fourth-order valence-electron chi connectivity index (χ4n) is 2.84. The quantitative estimate of drug-likeness (QED) is 0.747. The Morgan fingerprint density at radius 3 is 3.00 bits per heavy atom. The SMILES string of the molecule is Nc1cccc2c1N(Cc1cc(-c3ccco3)on1)CC2. The van der Waals surface area contributed by atoms with Gasteiger partial charge < -0.3 is 19.6 Å². The number of rotatable bonds is 3. The Labute approximate surface area is 121 Å². The normalized spacial score (nSPS) is 13.6. The van der Waals surface area contributed by atoms with Crippen molar-refractivity contribution in [3.8, 4) is 11.5 Å². The average molecular weight is 281 g/mol. The Kier molecular flexibility index (Phi) is 2.70. The fourth-order valence-corrected chi connectivity index (χ4v) is 2.84. The first-order valence-electron chi connectivity index (χ1n) is 6.93. The van der Waals surface area contributed by atoms with E-state index in [-0.39, 0.29) is 0 Å². The standard InChI is InChI=1S/C16H15N3O2/c17-13-4-1-3-11-6-7-19(16(11)13)10-12-9-15(21-18-12)14-5-2-8-20-14/h1-5,8-9H,6-7,10,17H2. The number of para-hydroxylation sites is 1. The molecule has 0 amide bonds. The maximum Gasteiger partial charge on any atom is 0.202 e. The van der Waals surface area contributed by atoms with Gasteiger partial charge in [0.25, 0.3) is 0 Å². The average Bonchev–Trinajstić information content (AvgIpc) is 3.19. The van der Waals surface area contributed by atoms with Gasteiger partial charge in [-0.1, -0.05) is 17.3 Å². The highest BCUT2D eigenvalue weighted by molar-refractivity contribution is 5.74. The number of nitrogens with two attached hydrogens (primary N) is 1. The molecule has 1 aliphatic rings. The number of hydrogen-bond acceptors (Lipinski definition) is 5. The van der Waals surface area contributed by atoms with Crippen molar-refractivity contribution in [2.45, 2.75) is 13.0 Å². The molecule has 0 radical (unpaired) electrons. The Hall–Kier alpha value is -2.69. The lowest BCUT2D eigenvalue weighted by Crippen LogP contribution is -2.20. The van der Waals surface area contributed by atoms with Crippen molar-refractivity contribution < 1.29 is 8.94 Å². The molecule has 106 valence electrons. The first kappa shape index (κ1) is 12.1. The number of furan rings is 1. The van der Waals surface area contributed by atoms with Gasteiger partial charge in [-0.25, -0.2) is 0 Å². The van der Waals surface area contributed by atoms with Gasteiger partial charge in [-0.2, -0.15) is 0 Å². The van der Waals surface area contributed by atoms with Gasteiger partial charge in [0, 0.05) is 12.6 Å². The van der Waals surface area contributed by atoms with E-state index in [0.717, 1.165) is 30.0 Å². The van der Waals surface area contributed by atoms with Crippen molar-refractivity contribution in [3.05, 3.63) is 53.9 Å². The molecule has 0 aliphatic carbocycles. The lowest BCUT2D eigenvalue weighted by molar-refractivity contribution is 0.410. The van der Waals surface area contributed by atoms with Crippen LogP contribution in [-0.4, -0.2) is 11.7 Å². The van der Waals surface area contributed by atoms with Crippen LogP contribution in [0.15, 0.2) is 51.6 Å². The Bertz CT molecular complexity index is 762. The second-order valence-electron chi connectivity index (χ2n) is 5.19. The lowest BCUT2D eigenvalue weighted by Gasteiger charge is -2.19. The lowest BCUT2D eigenvalue weighted by atomic mass is 10.1. The summed E-state index contributed by atoms with van der Waals surface area (Å²) in [5.74, 6) is 1.34. The number of nitrogens with zero attached hydrogens (tertiary/aromatic N) is 2. The van der Waals surface area contributed by atoms with Gasteiger partial charge in [-0.3, -0.25) is 0 Å². The molecule has 0 unspecified atom stereocenters. The molecular weight excluding hydrogens is 266 g/mol. The summed E-state index contributed by atoms with van der Waals surface area (Å²) in [6, 6.07) is 11.7. The molecule has 0 bridgehead atoms. The molecule has 5 nitrogen and oxygen atoms in total. The van der Waals surface area contributed by atoms with Crippen LogP contribution in [-0.2, 0) is 13.0 Å². The molecule has 1 aliphatic heterocycles. The van der Waals surface area contributed by atoms with Crippen LogP contribution >= 0.6 is 0 Å². The highest BCUT2D eigenvalue weighted by atomic mass is 16.5. The van der Waals surface area contributed by atoms with E-state index < -0.39 is 0 Å². The van der Waals surface area contributed by atoms with Gasteiger partial charge in [0.1, 0.15) is 5.69 Å². The van der Waals surface area contributed by atoms with Crippen LogP contribution in [0.4, 0.5) is 11.4 Å². The molecule has 0 atom stereocenters. The zero-order valence-corrected chi connectivity index (χ0v) is 11.5. The van der Waals surface area contributed by atoms with Gasteiger partial charge in [-0.05, 0) is 30.2 Å². The largest absolute Gasteiger partial charge is 0.461 e. The number of nitrogen functional groups attached to an aromatic ring is 1. The number of hydrogen-bond donors (Lipinski definition) is 1. The molecule has 2 aromatic heterocycles. The topological polar surface area (TPSA) is 68.4 Å². The van der Waals surface area contributed by atoms with E-state index in [2.05, 4.69) is 16.1 Å². The van der Waals surface area contributed by atoms with Gasteiger partial charge in [0.15, 0.2) is 5.76 Å². The van der Waals surface area contributed by atoms with Gasteiger partial charge in [0.05, 0.1) is 24.2 Å². The molecule has 21 heavy (non-hydrogen) atoms. The Balaban J connectivity index is 1.59. The minimum absolute atomic E-state index is 0.649. The molecule has 3 aromatic rings. The molecule has 2 N–H and O–H groups in total. The molecule has 3 heterocycles. The third-order valence-electron chi connectivity index (χ3n) is 3.79. The molecule has 0 saturated heterocycles. The number of anilines is 2. The molecule has 5 heteroatoms. The predicted molar refractivity (Wildman–Crippen MR) is 79.8 cm³/mol. The predicted octanol–water partition coefficient (Wildman–Crippen LogP) is 3.08. The number of benzene rings is 1. The first-order valence-corrected chi connectivity index (χ1v) is 6.93. The van der Waals surface area contributed by atoms with Crippen LogP contribution < -0.4 is 10.6 Å². The van der Waals surface area contributed by atoms with E-state index in [0.29, 0.717) is 18.1 Å². The van der Waals surface area contributed by atoms with Crippen molar-refractivity contribution in [2.24, 2.45) is 0 Å². The third kappa shape index (κ3) is 2.07. The highest BCUT2D eigenvalue weighted by Gasteiger charge is 2.22. The van der Waals surface area contributed by atoms with Crippen molar-refractivity contribution in [1.29, 1.82) is 0 Å².